The molecule has 0 amide bonds. The average molecular weight is 1920 g/mol. The van der Waals surface area contributed by atoms with Gasteiger partial charge in [-0.15, -0.1) is 0 Å². The van der Waals surface area contributed by atoms with Crippen LogP contribution in [0.2, 0.25) is 0 Å². The van der Waals surface area contributed by atoms with Crippen LogP contribution in [0.15, 0.2) is 517 Å². The molecule has 23 aromatic carbocycles. The number of nitrogens with zero attached hydrogens (tertiary/aromatic N) is 9. The Bertz CT molecular complexity index is 11200. The summed E-state index contributed by atoms with van der Waals surface area (Å²) >= 11 is 0. The molecule has 0 spiro atoms. The van der Waals surface area contributed by atoms with Gasteiger partial charge in [0.15, 0.2) is 17.5 Å². The van der Waals surface area contributed by atoms with Crippen molar-refractivity contribution in [2.75, 3.05) is 0 Å². The number of benzene rings is 23. The number of hydrogen-bond acceptors (Lipinski definition) is 9. The molecule has 0 saturated heterocycles. The number of rotatable bonds is 11. The van der Waals surface area contributed by atoms with Gasteiger partial charge in [0, 0.05) is 133 Å². The lowest BCUT2D eigenvalue weighted by atomic mass is 9.98. The smallest absolute Gasteiger partial charge is 0.161 e. The third kappa shape index (κ3) is 14.3. The molecule has 9 aromatic heterocycles. The van der Waals surface area contributed by atoms with Crippen LogP contribution < -0.4 is 0 Å². The molecule has 32 aromatic rings. The first kappa shape index (κ1) is 85.3. The predicted octanol–water partition coefficient (Wildman–Crippen LogP) is 36.7. The van der Waals surface area contributed by atoms with Crippen molar-refractivity contribution in [2.45, 2.75) is 0 Å². The second-order valence-corrected chi connectivity index (χ2v) is 38.6. The summed E-state index contributed by atoms with van der Waals surface area (Å²) in [4.78, 5) is 31.6. The first-order chi connectivity index (χ1) is 74.3. The maximum absolute atomic E-state index is 6.68. The number of fused-ring (bicyclic) bond motifs is 24. The zero-order valence-electron chi connectivity index (χ0n) is 80.7. The van der Waals surface area contributed by atoms with Crippen molar-refractivity contribution in [2.24, 2.45) is 0 Å². The van der Waals surface area contributed by atoms with Gasteiger partial charge in [-0.2, -0.15) is 0 Å². The van der Waals surface area contributed by atoms with Crippen molar-refractivity contribution in [1.29, 1.82) is 0 Å². The van der Waals surface area contributed by atoms with E-state index in [1.807, 2.05) is 91.0 Å². The van der Waals surface area contributed by atoms with Gasteiger partial charge in [0.2, 0.25) is 0 Å². The highest BCUT2D eigenvalue weighted by Crippen LogP contribution is 2.49. The summed E-state index contributed by atoms with van der Waals surface area (Å²) in [6, 6.07) is 177. The molecule has 0 saturated carbocycles. The zero-order chi connectivity index (χ0) is 98.5. The minimum atomic E-state index is 0.669. The quantitative estimate of drug-likeness (QED) is 0.124. The highest BCUT2D eigenvalue weighted by Gasteiger charge is 2.28. The minimum absolute atomic E-state index is 0.669. The standard InChI is InChI=1S/2C48H29N3O.C42H25N3O/c1-2-14-31(15-3-1)48-49-41(36-22-12-18-30-13-6-7-19-35(30)36)29-42(50-48)40-27-34(28-46-47(40)38-21-9-11-24-45(38)52-46)51-43-23-10-8-20-37(43)39-25-32-16-4-5-17-33(32)26-44(39)51;1-2-13-31(14-3-1)48-49-41(35-23-22-30-12-4-5-15-32(30)24-35)29-42(50-48)40-27-36(28-46-47(40)38-19-9-11-21-45(38)52-46)51-43-20-10-8-18-37(43)39-25-33-16-6-7-17-34(33)26-44(39)51;1-2-12-26(13-3-1)41-31-17-6-9-19-35(31)43-42(44-41)34-24-29(25-39-40(34)32-18-8-11-21-38(32)46-39)45-36-20-10-7-16-30(36)33-22-27-14-4-5-15-28(27)23-37(33)45/h2*1-29H;1-25H. The maximum atomic E-state index is 6.68. The van der Waals surface area contributed by atoms with Gasteiger partial charge in [0.1, 0.15) is 33.5 Å². The van der Waals surface area contributed by atoms with Crippen molar-refractivity contribution < 1.29 is 13.3 Å². The lowest BCUT2D eigenvalue weighted by Crippen LogP contribution is -1.99. The van der Waals surface area contributed by atoms with Crippen LogP contribution in [0.25, 0.3) is 304 Å². The molecule has 9 heterocycles. The van der Waals surface area contributed by atoms with Gasteiger partial charge in [0.25, 0.3) is 0 Å². The first-order valence-corrected chi connectivity index (χ1v) is 50.6. The topological polar surface area (TPSA) is 132 Å². The summed E-state index contributed by atoms with van der Waals surface area (Å²) < 4.78 is 27.0. The van der Waals surface area contributed by atoms with Gasteiger partial charge < -0.3 is 27.0 Å². The Kier molecular flexibility index (Phi) is 19.7. The summed E-state index contributed by atoms with van der Waals surface area (Å²) in [5.41, 5.74) is 28.1. The van der Waals surface area contributed by atoms with Crippen LogP contribution in [0.3, 0.4) is 0 Å². The van der Waals surface area contributed by atoms with Gasteiger partial charge in [-0.05, 0) is 169 Å². The minimum Gasteiger partial charge on any atom is -0.456 e. The monoisotopic (exact) mass is 1910 g/mol. The van der Waals surface area contributed by atoms with Gasteiger partial charge in [0.05, 0.1) is 84.1 Å². The van der Waals surface area contributed by atoms with E-state index in [4.69, 9.17) is 43.2 Å². The maximum Gasteiger partial charge on any atom is 0.161 e. The molecule has 0 radical (unpaired) electrons. The van der Waals surface area contributed by atoms with Crippen molar-refractivity contribution in [3.8, 4) is 108 Å². The Balaban J connectivity index is 0.000000104. The summed E-state index contributed by atoms with van der Waals surface area (Å²) in [5, 5.41) is 26.5. The largest absolute Gasteiger partial charge is 0.456 e. The van der Waals surface area contributed by atoms with E-state index in [1.54, 1.807) is 0 Å². The van der Waals surface area contributed by atoms with Gasteiger partial charge >= 0.3 is 0 Å². The molecule has 0 atom stereocenters. The van der Waals surface area contributed by atoms with Crippen LogP contribution in [-0.4, -0.2) is 43.6 Å². The molecule has 12 nitrogen and oxygen atoms in total. The summed E-state index contributed by atoms with van der Waals surface area (Å²) in [5.74, 6) is 2.02. The van der Waals surface area contributed by atoms with E-state index in [9.17, 15) is 0 Å². The van der Waals surface area contributed by atoms with E-state index in [1.165, 1.54) is 80.8 Å². The van der Waals surface area contributed by atoms with E-state index in [2.05, 4.69) is 426 Å². The van der Waals surface area contributed by atoms with Crippen LogP contribution in [0, 0.1) is 0 Å². The molecule has 0 aliphatic heterocycles. The van der Waals surface area contributed by atoms with Crippen LogP contribution in [0.4, 0.5) is 0 Å². The van der Waals surface area contributed by atoms with E-state index >= 15 is 0 Å². The van der Waals surface area contributed by atoms with Crippen LogP contribution >= 0.6 is 0 Å². The van der Waals surface area contributed by atoms with Crippen LogP contribution in [0.5, 0.6) is 0 Å². The Morgan fingerprint density at radius 2 is 0.480 bits per heavy atom. The third-order valence-corrected chi connectivity index (χ3v) is 29.9. The molecule has 0 bridgehead atoms. The Morgan fingerprint density at radius 1 is 0.153 bits per heavy atom. The normalized spacial score (nSPS) is 11.9. The van der Waals surface area contributed by atoms with E-state index in [0.717, 1.165) is 205 Å². The fourth-order valence-electron chi connectivity index (χ4n) is 23.0. The number of aromatic nitrogens is 9. The molecular weight excluding hydrogens is 1830 g/mol. The molecule has 0 aliphatic carbocycles. The summed E-state index contributed by atoms with van der Waals surface area (Å²) in [6.07, 6.45) is 0. The van der Waals surface area contributed by atoms with Crippen LogP contribution in [0.1, 0.15) is 0 Å². The van der Waals surface area contributed by atoms with Crippen molar-refractivity contribution >= 4 is 196 Å². The van der Waals surface area contributed by atoms with E-state index in [-0.39, 0.29) is 0 Å². The second-order valence-electron chi connectivity index (χ2n) is 38.6. The molecule has 150 heavy (non-hydrogen) atoms. The highest BCUT2D eigenvalue weighted by atomic mass is 16.3. The third-order valence-electron chi connectivity index (χ3n) is 29.9. The zero-order valence-corrected chi connectivity index (χ0v) is 80.7. The fraction of sp³-hybridized carbons (Fsp3) is 0. The van der Waals surface area contributed by atoms with E-state index in [0.29, 0.717) is 17.5 Å². The molecule has 12 heteroatoms. The number of para-hydroxylation sites is 7. The molecule has 0 N–H and O–H groups in total. The highest BCUT2D eigenvalue weighted by molar-refractivity contribution is 6.21. The number of hydrogen-bond donors (Lipinski definition) is 0. The predicted molar refractivity (Wildman–Crippen MR) is 619 cm³/mol. The average Bonchev–Trinajstić information content (AvgIpc) is 1.57. The number of furan rings is 3. The molecule has 0 fully saturated rings. The summed E-state index contributed by atoms with van der Waals surface area (Å²) in [7, 11) is 0. The van der Waals surface area contributed by atoms with Gasteiger partial charge in [-0.1, -0.05) is 370 Å². The molecular formula is C138H83N9O3. The first-order valence-electron chi connectivity index (χ1n) is 50.6. The molecule has 0 aliphatic rings. The SMILES string of the molecule is c1ccc(-c2nc(-c3cc(-n4c5ccccc5c5cc6ccccc6cc54)cc4oc5ccccc5c34)nc3ccccc23)cc1.c1ccc(-c2nc(-c3ccc4ccccc4c3)cc(-c3cc(-n4c5ccccc5c5cc6ccccc6cc54)cc4oc5ccccc5c34)n2)cc1.c1ccc(-c2nc(-c3cccc4ccccc34)cc(-c3cc(-n4c5ccccc5c5cc6ccccc6cc54)cc4oc5ccccc5c34)n2)cc1. The summed E-state index contributed by atoms with van der Waals surface area (Å²) in [6.45, 7) is 0. The Morgan fingerprint density at radius 3 is 0.933 bits per heavy atom. The molecule has 698 valence electrons. The fourth-order valence-corrected chi connectivity index (χ4v) is 23.0. The van der Waals surface area contributed by atoms with Crippen molar-refractivity contribution in [3.63, 3.8) is 0 Å². The van der Waals surface area contributed by atoms with E-state index < -0.39 is 0 Å². The lowest BCUT2D eigenvalue weighted by molar-refractivity contribution is 0.668. The molecule has 0 unspecified atom stereocenters. The Hall–Kier alpha value is -20.3. The molecule has 32 rings (SSSR count). The van der Waals surface area contributed by atoms with Crippen LogP contribution in [-0.2, 0) is 0 Å². The van der Waals surface area contributed by atoms with Gasteiger partial charge in [-0.25, -0.2) is 29.9 Å². The van der Waals surface area contributed by atoms with Crippen molar-refractivity contribution in [3.05, 3.63) is 504 Å². The van der Waals surface area contributed by atoms with Crippen molar-refractivity contribution in [1.82, 2.24) is 43.6 Å². The van der Waals surface area contributed by atoms with Gasteiger partial charge in [-0.3, -0.25) is 0 Å². The second kappa shape index (κ2) is 34.7. The Labute approximate surface area is 857 Å². The lowest BCUT2D eigenvalue weighted by Gasteiger charge is -2.14.